The highest BCUT2D eigenvalue weighted by Gasteiger charge is 2.22. The van der Waals surface area contributed by atoms with Crippen LogP contribution in [0.25, 0.3) is 0 Å². The third-order valence-corrected chi connectivity index (χ3v) is 4.18. The van der Waals surface area contributed by atoms with E-state index in [-0.39, 0.29) is 18.6 Å². The zero-order valence-corrected chi connectivity index (χ0v) is 14.3. The molecule has 1 fully saturated rings. The number of anilines is 1. The Morgan fingerprint density at radius 1 is 1.25 bits per heavy atom. The summed E-state index contributed by atoms with van der Waals surface area (Å²) in [6.07, 6.45) is 4.08. The average molecular weight is 334 g/mol. The molecule has 1 aliphatic carbocycles. The highest BCUT2D eigenvalue weighted by Crippen LogP contribution is 2.23. The van der Waals surface area contributed by atoms with Gasteiger partial charge in [0.15, 0.2) is 6.61 Å². The molecular formula is C18H26N2O4. The van der Waals surface area contributed by atoms with Gasteiger partial charge in [0.2, 0.25) is 0 Å². The lowest BCUT2D eigenvalue weighted by molar-refractivity contribution is -0.124. The van der Waals surface area contributed by atoms with Gasteiger partial charge in [-0.2, -0.15) is 0 Å². The summed E-state index contributed by atoms with van der Waals surface area (Å²) in [7, 11) is 0. The summed E-state index contributed by atoms with van der Waals surface area (Å²) in [4.78, 5) is 23.5. The smallest absolute Gasteiger partial charge is 0.411 e. The van der Waals surface area contributed by atoms with Gasteiger partial charge in [-0.15, -0.1) is 0 Å². The Hall–Kier alpha value is -2.24. The highest BCUT2D eigenvalue weighted by molar-refractivity contribution is 5.84. The monoisotopic (exact) mass is 334 g/mol. The van der Waals surface area contributed by atoms with E-state index < -0.39 is 6.09 Å². The van der Waals surface area contributed by atoms with E-state index >= 15 is 0 Å². The minimum Gasteiger partial charge on any atom is -0.484 e. The van der Waals surface area contributed by atoms with Crippen molar-refractivity contribution in [2.75, 3.05) is 18.5 Å². The lowest BCUT2D eigenvalue weighted by Gasteiger charge is -2.29. The van der Waals surface area contributed by atoms with Gasteiger partial charge >= 0.3 is 6.09 Å². The van der Waals surface area contributed by atoms with Crippen molar-refractivity contribution in [1.82, 2.24) is 5.32 Å². The van der Waals surface area contributed by atoms with Crippen molar-refractivity contribution in [1.29, 1.82) is 0 Å². The fourth-order valence-corrected chi connectivity index (χ4v) is 2.88. The number of amides is 2. The standard InChI is InChI=1S/C18H26N2O4/c1-3-23-18(22)19-14-8-6-9-15(11-14)24-12-17(21)20-16-10-5-4-7-13(16)2/h6,8-9,11,13,16H,3-5,7,10,12H2,1-2H3,(H,19,22)(H,20,21). The minimum atomic E-state index is -0.515. The lowest BCUT2D eigenvalue weighted by Crippen LogP contribution is -2.43. The van der Waals surface area contributed by atoms with Crippen LogP contribution in [0.3, 0.4) is 0 Å². The van der Waals surface area contributed by atoms with Crippen LogP contribution < -0.4 is 15.4 Å². The molecule has 2 unspecified atom stereocenters. The van der Waals surface area contributed by atoms with Crippen molar-refractivity contribution in [3.63, 3.8) is 0 Å². The molecule has 0 radical (unpaired) electrons. The summed E-state index contributed by atoms with van der Waals surface area (Å²) >= 11 is 0. The second kappa shape index (κ2) is 9.15. The van der Waals surface area contributed by atoms with E-state index in [1.807, 2.05) is 0 Å². The number of carbonyl (C=O) groups excluding carboxylic acids is 2. The topological polar surface area (TPSA) is 76.7 Å². The molecule has 6 nitrogen and oxygen atoms in total. The lowest BCUT2D eigenvalue weighted by atomic mass is 9.86. The third-order valence-electron chi connectivity index (χ3n) is 4.18. The van der Waals surface area contributed by atoms with Crippen LogP contribution in [-0.2, 0) is 9.53 Å². The minimum absolute atomic E-state index is 0.0356. The summed E-state index contributed by atoms with van der Waals surface area (Å²) in [6, 6.07) is 7.12. The zero-order chi connectivity index (χ0) is 17.4. The van der Waals surface area contributed by atoms with E-state index in [4.69, 9.17) is 9.47 Å². The van der Waals surface area contributed by atoms with Crippen LogP contribution in [0.5, 0.6) is 5.75 Å². The Morgan fingerprint density at radius 2 is 2.04 bits per heavy atom. The Kier molecular flexibility index (Phi) is 6.90. The van der Waals surface area contributed by atoms with Gasteiger partial charge < -0.3 is 14.8 Å². The molecule has 1 aromatic carbocycles. The maximum atomic E-state index is 12.1. The van der Waals surface area contributed by atoms with Crippen LogP contribution in [0.15, 0.2) is 24.3 Å². The predicted molar refractivity (Wildman–Crippen MR) is 92.1 cm³/mol. The van der Waals surface area contributed by atoms with Crippen LogP contribution >= 0.6 is 0 Å². The fourth-order valence-electron chi connectivity index (χ4n) is 2.88. The van der Waals surface area contributed by atoms with Crippen molar-refractivity contribution in [3.8, 4) is 5.75 Å². The third kappa shape index (κ3) is 5.76. The van der Waals surface area contributed by atoms with Crippen LogP contribution in [0.2, 0.25) is 0 Å². The molecule has 0 saturated heterocycles. The number of ether oxygens (including phenoxy) is 2. The fraction of sp³-hybridized carbons (Fsp3) is 0.556. The van der Waals surface area contributed by atoms with Gasteiger partial charge in [0.1, 0.15) is 5.75 Å². The number of nitrogens with one attached hydrogen (secondary N) is 2. The molecule has 0 aliphatic heterocycles. The molecule has 2 rings (SSSR count). The number of hydrogen-bond donors (Lipinski definition) is 2. The number of rotatable bonds is 6. The normalized spacial score (nSPS) is 20.1. The Bertz CT molecular complexity index is 562. The van der Waals surface area contributed by atoms with Gasteiger partial charge in [0.25, 0.3) is 5.91 Å². The van der Waals surface area contributed by atoms with E-state index in [1.165, 1.54) is 6.42 Å². The molecule has 24 heavy (non-hydrogen) atoms. The van der Waals surface area contributed by atoms with Gasteiger partial charge in [-0.25, -0.2) is 4.79 Å². The van der Waals surface area contributed by atoms with Crippen molar-refractivity contribution < 1.29 is 19.1 Å². The van der Waals surface area contributed by atoms with Crippen LogP contribution in [0.1, 0.15) is 39.5 Å². The summed E-state index contributed by atoms with van der Waals surface area (Å²) < 4.78 is 10.3. The van der Waals surface area contributed by atoms with Gasteiger partial charge in [-0.1, -0.05) is 25.8 Å². The van der Waals surface area contributed by atoms with E-state index in [9.17, 15) is 9.59 Å². The average Bonchev–Trinajstić information content (AvgIpc) is 2.56. The van der Waals surface area contributed by atoms with Crippen molar-refractivity contribution >= 4 is 17.7 Å². The number of carbonyl (C=O) groups is 2. The summed E-state index contributed by atoms with van der Waals surface area (Å²) in [5, 5.41) is 5.65. The molecule has 1 aromatic rings. The Morgan fingerprint density at radius 3 is 2.79 bits per heavy atom. The summed E-state index contributed by atoms with van der Waals surface area (Å²) in [5.74, 6) is 0.924. The molecule has 0 spiro atoms. The SMILES string of the molecule is CCOC(=O)Nc1cccc(OCC(=O)NC2CCCCC2C)c1. The predicted octanol–water partition coefficient (Wildman–Crippen LogP) is 3.33. The molecule has 132 valence electrons. The first-order valence-electron chi connectivity index (χ1n) is 8.54. The summed E-state index contributed by atoms with van der Waals surface area (Å²) in [6.45, 7) is 4.19. The molecule has 2 amide bonds. The molecule has 2 atom stereocenters. The molecule has 2 N–H and O–H groups in total. The molecule has 6 heteroatoms. The molecule has 1 saturated carbocycles. The quantitative estimate of drug-likeness (QED) is 0.836. The Labute approximate surface area is 142 Å². The second-order valence-corrected chi connectivity index (χ2v) is 6.10. The first kappa shape index (κ1) is 18.1. The van der Waals surface area contributed by atoms with Crippen LogP contribution in [0, 0.1) is 5.92 Å². The molecule has 0 aromatic heterocycles. The maximum absolute atomic E-state index is 12.1. The molecular weight excluding hydrogens is 308 g/mol. The first-order valence-corrected chi connectivity index (χ1v) is 8.54. The Balaban J connectivity index is 1.80. The summed E-state index contributed by atoms with van der Waals surface area (Å²) in [5.41, 5.74) is 0.562. The second-order valence-electron chi connectivity index (χ2n) is 6.10. The van der Waals surface area contributed by atoms with Gasteiger partial charge in [0, 0.05) is 17.8 Å². The van der Waals surface area contributed by atoms with Gasteiger partial charge in [-0.05, 0) is 37.8 Å². The van der Waals surface area contributed by atoms with E-state index in [1.54, 1.807) is 31.2 Å². The van der Waals surface area contributed by atoms with Crippen molar-refractivity contribution in [3.05, 3.63) is 24.3 Å². The largest absolute Gasteiger partial charge is 0.484 e. The first-order chi connectivity index (χ1) is 11.6. The van der Waals surface area contributed by atoms with Gasteiger partial charge in [0.05, 0.1) is 6.61 Å². The number of hydrogen-bond acceptors (Lipinski definition) is 4. The van der Waals surface area contributed by atoms with E-state index in [0.29, 0.717) is 24.0 Å². The van der Waals surface area contributed by atoms with E-state index in [0.717, 1.165) is 19.3 Å². The maximum Gasteiger partial charge on any atom is 0.411 e. The van der Waals surface area contributed by atoms with Crippen LogP contribution in [0.4, 0.5) is 10.5 Å². The van der Waals surface area contributed by atoms with E-state index in [2.05, 4.69) is 17.6 Å². The van der Waals surface area contributed by atoms with Crippen molar-refractivity contribution in [2.45, 2.75) is 45.6 Å². The van der Waals surface area contributed by atoms with Gasteiger partial charge in [-0.3, -0.25) is 10.1 Å². The molecule has 0 bridgehead atoms. The van der Waals surface area contributed by atoms with Crippen molar-refractivity contribution in [2.24, 2.45) is 5.92 Å². The zero-order valence-electron chi connectivity index (χ0n) is 14.3. The highest BCUT2D eigenvalue weighted by atomic mass is 16.5. The molecule has 0 heterocycles. The number of benzene rings is 1. The molecule has 1 aliphatic rings. The van der Waals surface area contributed by atoms with Crippen LogP contribution in [-0.4, -0.2) is 31.3 Å².